The number of aliphatic hydroxyl groups is 1. The molecular formula is C15H28N4O3S. The Labute approximate surface area is 141 Å². The van der Waals surface area contributed by atoms with Gasteiger partial charge < -0.3 is 21.1 Å². The second-order valence-corrected chi connectivity index (χ2v) is 7.26. The molecule has 1 aliphatic carbocycles. The van der Waals surface area contributed by atoms with Crippen molar-refractivity contribution in [2.45, 2.75) is 43.9 Å². The zero-order chi connectivity index (χ0) is 16.8. The molecule has 2 aliphatic rings. The second kappa shape index (κ2) is 8.75. The van der Waals surface area contributed by atoms with E-state index in [0.717, 1.165) is 38.1 Å². The zero-order valence-corrected chi connectivity index (χ0v) is 14.6. The molecule has 2 rings (SSSR count). The highest BCUT2D eigenvalue weighted by atomic mass is 32.2. The number of amides is 3. The molecule has 0 bridgehead atoms. The number of nitrogens with two attached hydrogens (primary N) is 1. The molecule has 2 fully saturated rings. The van der Waals surface area contributed by atoms with Crippen molar-refractivity contribution in [1.29, 1.82) is 0 Å². The van der Waals surface area contributed by atoms with Crippen LogP contribution in [0.3, 0.4) is 0 Å². The summed E-state index contributed by atoms with van der Waals surface area (Å²) in [7, 11) is 0. The number of nitrogens with zero attached hydrogens (tertiary/aromatic N) is 2. The molecule has 23 heavy (non-hydrogen) atoms. The maximum Gasteiger partial charge on any atom is 0.312 e. The van der Waals surface area contributed by atoms with E-state index in [4.69, 9.17) is 5.73 Å². The SMILES string of the molecule is CSCC[C@H](NC(N)=O)C(=O)N1CCN([C@H]2CCC[C@H]2O)CC1. The number of urea groups is 1. The first-order chi connectivity index (χ1) is 11.0. The van der Waals surface area contributed by atoms with E-state index < -0.39 is 12.1 Å². The molecule has 1 aliphatic heterocycles. The van der Waals surface area contributed by atoms with Crippen LogP contribution in [0, 0.1) is 0 Å². The van der Waals surface area contributed by atoms with Crippen molar-refractivity contribution in [1.82, 2.24) is 15.1 Å². The number of hydrogen-bond donors (Lipinski definition) is 3. The van der Waals surface area contributed by atoms with E-state index in [9.17, 15) is 14.7 Å². The molecule has 0 spiro atoms. The van der Waals surface area contributed by atoms with Gasteiger partial charge in [0.05, 0.1) is 6.10 Å². The van der Waals surface area contributed by atoms with Gasteiger partial charge in [0, 0.05) is 32.2 Å². The number of rotatable bonds is 6. The summed E-state index contributed by atoms with van der Waals surface area (Å²) < 4.78 is 0. The van der Waals surface area contributed by atoms with E-state index in [1.165, 1.54) is 0 Å². The molecule has 4 N–H and O–H groups in total. The molecule has 0 aromatic carbocycles. The Bertz CT molecular complexity index is 416. The van der Waals surface area contributed by atoms with Gasteiger partial charge in [0.15, 0.2) is 0 Å². The van der Waals surface area contributed by atoms with E-state index in [1.807, 2.05) is 6.26 Å². The normalized spacial score (nSPS) is 27.0. The number of carbonyl (C=O) groups is 2. The van der Waals surface area contributed by atoms with Gasteiger partial charge in [-0.15, -0.1) is 0 Å². The summed E-state index contributed by atoms with van der Waals surface area (Å²) in [5.41, 5.74) is 5.19. The van der Waals surface area contributed by atoms with Crippen molar-refractivity contribution in [3.8, 4) is 0 Å². The fraction of sp³-hybridized carbons (Fsp3) is 0.867. The molecule has 1 saturated carbocycles. The molecule has 0 unspecified atom stereocenters. The van der Waals surface area contributed by atoms with E-state index in [-0.39, 0.29) is 18.1 Å². The van der Waals surface area contributed by atoms with E-state index in [1.54, 1.807) is 16.7 Å². The van der Waals surface area contributed by atoms with Crippen LogP contribution in [-0.2, 0) is 4.79 Å². The number of piperazine rings is 1. The fourth-order valence-electron chi connectivity index (χ4n) is 3.51. The summed E-state index contributed by atoms with van der Waals surface area (Å²) >= 11 is 1.64. The summed E-state index contributed by atoms with van der Waals surface area (Å²) in [4.78, 5) is 27.8. The van der Waals surface area contributed by atoms with Crippen molar-refractivity contribution in [3.05, 3.63) is 0 Å². The lowest BCUT2D eigenvalue weighted by Crippen LogP contribution is -2.57. The highest BCUT2D eigenvalue weighted by Crippen LogP contribution is 2.25. The monoisotopic (exact) mass is 344 g/mol. The van der Waals surface area contributed by atoms with Gasteiger partial charge in [0.1, 0.15) is 6.04 Å². The Kier molecular flexibility index (Phi) is 6.98. The first-order valence-electron chi connectivity index (χ1n) is 8.28. The van der Waals surface area contributed by atoms with E-state index in [2.05, 4.69) is 10.2 Å². The van der Waals surface area contributed by atoms with Crippen molar-refractivity contribution < 1.29 is 14.7 Å². The minimum atomic E-state index is -0.655. The maximum absolute atomic E-state index is 12.6. The van der Waals surface area contributed by atoms with Crippen LogP contribution in [0.15, 0.2) is 0 Å². The van der Waals surface area contributed by atoms with Crippen LogP contribution in [0.4, 0.5) is 4.79 Å². The molecule has 7 nitrogen and oxygen atoms in total. The lowest BCUT2D eigenvalue weighted by Gasteiger charge is -2.40. The van der Waals surface area contributed by atoms with E-state index in [0.29, 0.717) is 19.5 Å². The second-order valence-electron chi connectivity index (χ2n) is 6.27. The molecule has 0 radical (unpaired) electrons. The van der Waals surface area contributed by atoms with Crippen LogP contribution in [-0.4, -0.2) is 83.2 Å². The van der Waals surface area contributed by atoms with Gasteiger partial charge in [-0.2, -0.15) is 11.8 Å². The predicted octanol–water partition coefficient (Wildman–Crippen LogP) is -0.166. The quantitative estimate of drug-likeness (QED) is 0.622. The van der Waals surface area contributed by atoms with Gasteiger partial charge in [0.2, 0.25) is 5.91 Å². The minimum Gasteiger partial charge on any atom is -0.391 e. The van der Waals surface area contributed by atoms with Gasteiger partial charge in [-0.05, 0) is 37.7 Å². The summed E-state index contributed by atoms with van der Waals surface area (Å²) in [6.45, 7) is 2.83. The third-order valence-electron chi connectivity index (χ3n) is 4.76. The Balaban J connectivity index is 1.86. The van der Waals surface area contributed by atoms with Gasteiger partial charge >= 0.3 is 6.03 Å². The van der Waals surface area contributed by atoms with Gasteiger partial charge in [-0.25, -0.2) is 4.79 Å². The van der Waals surface area contributed by atoms with Gasteiger partial charge in [-0.1, -0.05) is 0 Å². The van der Waals surface area contributed by atoms with Crippen LogP contribution >= 0.6 is 11.8 Å². The lowest BCUT2D eigenvalue weighted by atomic mass is 10.1. The highest BCUT2D eigenvalue weighted by molar-refractivity contribution is 7.98. The summed E-state index contributed by atoms with van der Waals surface area (Å²) in [6.07, 6.45) is 5.31. The Hall–Kier alpha value is -0.990. The summed E-state index contributed by atoms with van der Waals surface area (Å²) in [5, 5.41) is 12.6. The van der Waals surface area contributed by atoms with Crippen LogP contribution in [0.2, 0.25) is 0 Å². The number of aliphatic hydroxyl groups excluding tert-OH is 1. The number of thioether (sulfide) groups is 1. The van der Waals surface area contributed by atoms with E-state index >= 15 is 0 Å². The summed E-state index contributed by atoms with van der Waals surface area (Å²) in [5.74, 6) is 0.745. The predicted molar refractivity (Wildman–Crippen MR) is 91.3 cm³/mol. The lowest BCUT2D eigenvalue weighted by molar-refractivity contribution is -0.135. The summed E-state index contributed by atoms with van der Waals surface area (Å²) in [6, 6.07) is -0.955. The molecule has 3 atom stereocenters. The molecule has 132 valence electrons. The third-order valence-corrected chi connectivity index (χ3v) is 5.41. The fourth-order valence-corrected chi connectivity index (χ4v) is 3.98. The molecule has 1 heterocycles. The largest absolute Gasteiger partial charge is 0.391 e. The van der Waals surface area contributed by atoms with Crippen molar-refractivity contribution in [2.75, 3.05) is 38.2 Å². The molecule has 0 aromatic heterocycles. The maximum atomic E-state index is 12.6. The molecule has 1 saturated heterocycles. The number of nitrogens with one attached hydrogen (secondary N) is 1. The molecule has 8 heteroatoms. The average Bonchev–Trinajstić information content (AvgIpc) is 2.96. The highest BCUT2D eigenvalue weighted by Gasteiger charge is 2.34. The smallest absolute Gasteiger partial charge is 0.312 e. The molecule has 0 aromatic rings. The number of primary amides is 1. The van der Waals surface area contributed by atoms with Gasteiger partial charge in [-0.3, -0.25) is 9.69 Å². The van der Waals surface area contributed by atoms with Crippen molar-refractivity contribution in [3.63, 3.8) is 0 Å². The number of carbonyl (C=O) groups excluding carboxylic acids is 2. The van der Waals surface area contributed by atoms with Crippen LogP contribution in [0.25, 0.3) is 0 Å². The third kappa shape index (κ3) is 4.99. The first kappa shape index (κ1) is 18.4. The Morgan fingerprint density at radius 1 is 1.30 bits per heavy atom. The standard InChI is InChI=1S/C15H28N4O3S/c1-23-10-5-11(17-15(16)22)14(21)19-8-6-18(7-9-19)12-3-2-4-13(12)20/h11-13,20H,2-10H2,1H3,(H3,16,17,22)/t11-,12-,13+/m0/s1. The minimum absolute atomic E-state index is 0.0514. The van der Waals surface area contributed by atoms with Crippen molar-refractivity contribution >= 4 is 23.7 Å². The average molecular weight is 344 g/mol. The van der Waals surface area contributed by atoms with Crippen LogP contribution in [0.5, 0.6) is 0 Å². The van der Waals surface area contributed by atoms with Crippen LogP contribution in [0.1, 0.15) is 25.7 Å². The van der Waals surface area contributed by atoms with Gasteiger partial charge in [0.25, 0.3) is 0 Å². The zero-order valence-electron chi connectivity index (χ0n) is 13.7. The topological polar surface area (TPSA) is 98.9 Å². The number of hydrogen-bond acceptors (Lipinski definition) is 5. The first-order valence-corrected chi connectivity index (χ1v) is 9.68. The Morgan fingerprint density at radius 3 is 2.52 bits per heavy atom. The molecular weight excluding hydrogens is 316 g/mol. The van der Waals surface area contributed by atoms with Crippen molar-refractivity contribution in [2.24, 2.45) is 5.73 Å². The molecule has 3 amide bonds. The van der Waals surface area contributed by atoms with Crippen LogP contribution < -0.4 is 11.1 Å². The Morgan fingerprint density at radius 2 is 2.00 bits per heavy atom.